The third-order valence-corrected chi connectivity index (χ3v) is 2.52. The molecule has 0 aliphatic carbocycles. The van der Waals surface area contributed by atoms with E-state index in [2.05, 4.69) is 22.5 Å². The molecule has 0 bridgehead atoms. The predicted molar refractivity (Wildman–Crippen MR) is 71.1 cm³/mol. The molecule has 1 aromatic carbocycles. The van der Waals surface area contributed by atoms with Crippen molar-refractivity contribution in [1.29, 1.82) is 0 Å². The molecular formula is C13H13BrO3. The summed E-state index contributed by atoms with van der Waals surface area (Å²) in [5, 5.41) is 8.61. The Morgan fingerprint density at radius 1 is 1.59 bits per heavy atom. The van der Waals surface area contributed by atoms with E-state index in [4.69, 9.17) is 9.84 Å². The van der Waals surface area contributed by atoms with Gasteiger partial charge in [0.1, 0.15) is 11.9 Å². The number of ether oxygens (including phenoxy) is 1. The Balaban J connectivity index is 3.03. The van der Waals surface area contributed by atoms with Crippen LogP contribution in [0.4, 0.5) is 0 Å². The minimum atomic E-state index is -0.993. The number of aliphatic carboxylic acids is 1. The van der Waals surface area contributed by atoms with Gasteiger partial charge in [0, 0.05) is 16.1 Å². The van der Waals surface area contributed by atoms with Gasteiger partial charge < -0.3 is 9.84 Å². The van der Waals surface area contributed by atoms with Gasteiger partial charge in [-0.2, -0.15) is 0 Å². The highest BCUT2D eigenvalue weighted by atomic mass is 79.9. The predicted octanol–water partition coefficient (Wildman–Crippen LogP) is 3.50. The van der Waals surface area contributed by atoms with Crippen molar-refractivity contribution in [2.75, 3.05) is 0 Å². The fraction of sp³-hybridized carbons (Fsp3) is 0.154. The van der Waals surface area contributed by atoms with Crippen molar-refractivity contribution in [3.63, 3.8) is 0 Å². The van der Waals surface area contributed by atoms with E-state index in [9.17, 15) is 4.79 Å². The second kappa shape index (κ2) is 6.25. The number of hydrogen-bond acceptors (Lipinski definition) is 2. The van der Waals surface area contributed by atoms with Crippen LogP contribution in [-0.4, -0.2) is 17.2 Å². The summed E-state index contributed by atoms with van der Waals surface area (Å²) in [4.78, 5) is 10.5. The van der Waals surface area contributed by atoms with E-state index in [-0.39, 0.29) is 6.10 Å². The molecule has 0 spiro atoms. The molecule has 1 N–H and O–H groups in total. The average molecular weight is 297 g/mol. The molecule has 0 radical (unpaired) electrons. The third kappa shape index (κ3) is 4.44. The zero-order valence-corrected chi connectivity index (χ0v) is 11.0. The van der Waals surface area contributed by atoms with Crippen LogP contribution in [-0.2, 0) is 4.79 Å². The summed E-state index contributed by atoms with van der Waals surface area (Å²) in [6.07, 6.45) is 4.12. The number of rotatable bonds is 5. The molecule has 0 heterocycles. The van der Waals surface area contributed by atoms with Crippen molar-refractivity contribution >= 4 is 28.0 Å². The van der Waals surface area contributed by atoms with Crippen LogP contribution in [0, 0.1) is 0 Å². The van der Waals surface area contributed by atoms with Gasteiger partial charge in [0.2, 0.25) is 0 Å². The molecule has 0 aliphatic heterocycles. The number of halogens is 1. The molecule has 0 aromatic heterocycles. The SMILES string of the molecule is C=CC(C)Oc1ccc(Br)cc1C=CC(=O)O. The zero-order valence-electron chi connectivity index (χ0n) is 9.39. The van der Waals surface area contributed by atoms with E-state index >= 15 is 0 Å². The Morgan fingerprint density at radius 2 is 2.29 bits per heavy atom. The quantitative estimate of drug-likeness (QED) is 0.668. The first-order chi connectivity index (χ1) is 8.02. The van der Waals surface area contributed by atoms with Gasteiger partial charge in [0.25, 0.3) is 0 Å². The highest BCUT2D eigenvalue weighted by Crippen LogP contribution is 2.25. The van der Waals surface area contributed by atoms with Crippen molar-refractivity contribution < 1.29 is 14.6 Å². The molecular weight excluding hydrogens is 284 g/mol. The van der Waals surface area contributed by atoms with Gasteiger partial charge in [-0.1, -0.05) is 28.6 Å². The fourth-order valence-electron chi connectivity index (χ4n) is 1.17. The van der Waals surface area contributed by atoms with Crippen molar-refractivity contribution in [1.82, 2.24) is 0 Å². The van der Waals surface area contributed by atoms with Crippen molar-refractivity contribution in [3.8, 4) is 5.75 Å². The van der Waals surface area contributed by atoms with Gasteiger partial charge in [0.15, 0.2) is 0 Å². The van der Waals surface area contributed by atoms with Gasteiger partial charge in [-0.15, -0.1) is 0 Å². The highest BCUT2D eigenvalue weighted by Gasteiger charge is 2.05. The van der Waals surface area contributed by atoms with Crippen molar-refractivity contribution in [2.24, 2.45) is 0 Å². The molecule has 0 fully saturated rings. The third-order valence-electron chi connectivity index (χ3n) is 2.02. The van der Waals surface area contributed by atoms with Crippen LogP contribution in [0.5, 0.6) is 5.75 Å². The number of carbonyl (C=O) groups is 1. The van der Waals surface area contributed by atoms with Crippen LogP contribution in [0.15, 0.2) is 41.4 Å². The van der Waals surface area contributed by atoms with Gasteiger partial charge in [-0.3, -0.25) is 0 Å². The normalized spacial score (nSPS) is 12.4. The standard InChI is InChI=1S/C13H13BrO3/c1-3-9(2)17-12-6-5-11(14)8-10(12)4-7-13(15)16/h3-9H,1H2,2H3,(H,15,16). The van der Waals surface area contributed by atoms with Gasteiger partial charge >= 0.3 is 5.97 Å². The lowest BCUT2D eigenvalue weighted by atomic mass is 10.2. The van der Waals surface area contributed by atoms with Crippen LogP contribution >= 0.6 is 15.9 Å². The largest absolute Gasteiger partial charge is 0.486 e. The van der Waals surface area contributed by atoms with Crippen LogP contribution in [0.1, 0.15) is 12.5 Å². The molecule has 3 nitrogen and oxygen atoms in total. The molecule has 0 saturated heterocycles. The van der Waals surface area contributed by atoms with Crippen LogP contribution in [0.25, 0.3) is 6.08 Å². The summed E-state index contributed by atoms with van der Waals surface area (Å²) in [6.45, 7) is 5.49. The maximum Gasteiger partial charge on any atom is 0.328 e. The van der Waals surface area contributed by atoms with Crippen LogP contribution < -0.4 is 4.74 Å². The zero-order chi connectivity index (χ0) is 12.8. The van der Waals surface area contributed by atoms with Gasteiger partial charge in [-0.25, -0.2) is 4.79 Å². The Bertz CT molecular complexity index is 452. The summed E-state index contributed by atoms with van der Waals surface area (Å²) >= 11 is 3.33. The fourth-order valence-corrected chi connectivity index (χ4v) is 1.55. The summed E-state index contributed by atoms with van der Waals surface area (Å²) in [5.41, 5.74) is 0.704. The smallest absolute Gasteiger partial charge is 0.328 e. The Labute approximate surface area is 109 Å². The topological polar surface area (TPSA) is 46.5 Å². The maximum atomic E-state index is 10.5. The lowest BCUT2D eigenvalue weighted by molar-refractivity contribution is -0.131. The summed E-state index contributed by atoms with van der Waals surface area (Å²) in [7, 11) is 0. The van der Waals surface area contributed by atoms with Gasteiger partial charge in [-0.05, 0) is 31.2 Å². The first-order valence-electron chi connectivity index (χ1n) is 5.02. The summed E-state index contributed by atoms with van der Waals surface area (Å²) in [6, 6.07) is 5.42. The summed E-state index contributed by atoms with van der Waals surface area (Å²) < 4.78 is 6.46. The molecule has 1 atom stereocenters. The average Bonchev–Trinajstić information content (AvgIpc) is 2.29. The number of carboxylic acid groups (broad SMARTS) is 1. The Kier molecular flexibility index (Phi) is 4.97. The Hall–Kier alpha value is -1.55. The molecule has 0 amide bonds. The minimum Gasteiger partial charge on any atom is -0.486 e. The van der Waals surface area contributed by atoms with Crippen LogP contribution in [0.3, 0.4) is 0 Å². The van der Waals surface area contributed by atoms with E-state index in [1.165, 1.54) is 6.08 Å². The highest BCUT2D eigenvalue weighted by molar-refractivity contribution is 9.10. The first-order valence-corrected chi connectivity index (χ1v) is 5.82. The van der Waals surface area contributed by atoms with E-state index in [0.29, 0.717) is 11.3 Å². The van der Waals surface area contributed by atoms with Crippen molar-refractivity contribution in [3.05, 3.63) is 47.0 Å². The lowest BCUT2D eigenvalue weighted by Crippen LogP contribution is -2.08. The molecule has 1 rings (SSSR count). The van der Waals surface area contributed by atoms with Crippen molar-refractivity contribution in [2.45, 2.75) is 13.0 Å². The molecule has 1 unspecified atom stereocenters. The number of carboxylic acids is 1. The van der Waals surface area contributed by atoms with E-state index in [1.54, 1.807) is 18.2 Å². The lowest BCUT2D eigenvalue weighted by Gasteiger charge is -2.13. The van der Waals surface area contributed by atoms with Crippen LogP contribution in [0.2, 0.25) is 0 Å². The van der Waals surface area contributed by atoms with Gasteiger partial charge in [0.05, 0.1) is 0 Å². The minimum absolute atomic E-state index is 0.131. The maximum absolute atomic E-state index is 10.5. The number of benzene rings is 1. The molecule has 17 heavy (non-hydrogen) atoms. The second-order valence-electron chi connectivity index (χ2n) is 3.41. The van der Waals surface area contributed by atoms with E-state index < -0.39 is 5.97 Å². The van der Waals surface area contributed by atoms with E-state index in [1.807, 2.05) is 13.0 Å². The molecule has 4 heteroatoms. The molecule has 90 valence electrons. The second-order valence-corrected chi connectivity index (χ2v) is 4.33. The monoisotopic (exact) mass is 296 g/mol. The first kappa shape index (κ1) is 13.5. The molecule has 0 saturated carbocycles. The summed E-state index contributed by atoms with van der Waals surface area (Å²) in [5.74, 6) is -0.370. The Morgan fingerprint density at radius 3 is 2.88 bits per heavy atom. The van der Waals surface area contributed by atoms with E-state index in [0.717, 1.165) is 10.5 Å². The molecule has 0 aliphatic rings. The molecule has 1 aromatic rings. The number of hydrogen-bond donors (Lipinski definition) is 1.